The second-order valence-corrected chi connectivity index (χ2v) is 19.0. The lowest BCUT2D eigenvalue weighted by molar-refractivity contribution is -0.172. The Kier molecular flexibility index (Phi) is 16.7. The van der Waals surface area contributed by atoms with E-state index in [-0.39, 0.29) is 60.4 Å². The Hall–Kier alpha value is -8.79. The zero-order chi connectivity index (χ0) is 57.0. The van der Waals surface area contributed by atoms with Crippen LogP contribution in [0.5, 0.6) is 0 Å². The second kappa shape index (κ2) is 23.4. The average Bonchev–Trinajstić information content (AvgIpc) is 4.19. The van der Waals surface area contributed by atoms with Crippen LogP contribution in [0, 0.1) is 12.7 Å². The number of cyclic esters (lactones) is 1. The smallest absolute Gasteiger partial charge is 0.343 e. The number of aliphatic hydroxyl groups is 2. The van der Waals surface area contributed by atoms with Crippen molar-refractivity contribution >= 4 is 70.1 Å². The predicted octanol–water partition coefficient (Wildman–Crippen LogP) is -2.57. The first-order chi connectivity index (χ1) is 37.6. The van der Waals surface area contributed by atoms with E-state index in [0.29, 0.717) is 44.5 Å². The van der Waals surface area contributed by atoms with Crippen LogP contribution in [-0.2, 0) is 89.0 Å². The average molecular weight is 1100 g/mol. The highest BCUT2D eigenvalue weighted by atomic mass is 19.1. The molecule has 2 aromatic carbocycles. The highest BCUT2D eigenvalue weighted by Crippen LogP contribution is 2.47. The summed E-state index contributed by atoms with van der Waals surface area (Å²) < 4.78 is 27.4. The number of nitrogens with one attached hydrogen (secondary N) is 6. The van der Waals surface area contributed by atoms with Crippen LogP contribution >= 0.6 is 0 Å². The van der Waals surface area contributed by atoms with E-state index in [4.69, 9.17) is 19.6 Å². The number of benzene rings is 2. The minimum absolute atomic E-state index is 0.0279. The molecule has 1 aliphatic carbocycles. The number of ether oxygens (including phenoxy) is 2. The van der Waals surface area contributed by atoms with E-state index < -0.39 is 140 Å². The number of nitrogens with zero attached hydrogens (tertiary/aromatic N) is 4. The predicted molar refractivity (Wildman–Crippen MR) is 270 cm³/mol. The summed E-state index contributed by atoms with van der Waals surface area (Å²) >= 11 is 0. The fraction of sp³-hybridized carbons (Fsp3) is 0.385. The standard InChI is InChI=1S/C52H55FN10O16/c1-4-52(77)30-15-35-45-28(22-62(35)48(73)29(30)23-78-51(52)76)44-34(11-10-27-25(2)31(53)16-32(60-45)43(27)44)61(3)49(74)50(75)79-24-58-38(65)19-56-46(71)33(14-26-8-6-5-7-9-26)59-39(66)20-55-37(64)18-57-47(72)36(17-54-21-42(69)70)63-40(67)12-13-41(63)68/h5-9,12-13,15-16,33-34,36,50,54,75,77H,4,10-11,14,17-24H2,1-3H3,(H,55,64)(H,56,71)(H,57,72)(H,58,65)(H,59,66)(H,69,70)/t33-,34-,36+,50-,52-/m0/s1. The topological polar surface area (TPSA) is 363 Å². The lowest BCUT2D eigenvalue weighted by Crippen LogP contribution is -2.56. The third-order valence-corrected chi connectivity index (χ3v) is 14.2. The van der Waals surface area contributed by atoms with Crippen molar-refractivity contribution < 1.29 is 77.1 Å². The van der Waals surface area contributed by atoms with Gasteiger partial charge < -0.3 is 66.2 Å². The summed E-state index contributed by atoms with van der Waals surface area (Å²) in [5.41, 5.74) is 1.05. The molecule has 0 spiro atoms. The Morgan fingerprint density at radius 1 is 0.899 bits per heavy atom. The molecule has 0 fully saturated rings. The molecule has 4 aliphatic rings. The molecule has 5 heterocycles. The maximum atomic E-state index is 15.5. The zero-order valence-corrected chi connectivity index (χ0v) is 42.8. The molecule has 0 bridgehead atoms. The number of amides is 8. The molecule has 8 rings (SSSR count). The number of imide groups is 1. The number of pyridine rings is 2. The van der Waals surface area contributed by atoms with E-state index in [1.807, 2.05) is 0 Å². The van der Waals surface area contributed by atoms with Crippen LogP contribution in [0.4, 0.5) is 4.39 Å². The van der Waals surface area contributed by atoms with Gasteiger partial charge in [0.1, 0.15) is 31.2 Å². The minimum atomic E-state index is -2.13. The van der Waals surface area contributed by atoms with Gasteiger partial charge in [-0.1, -0.05) is 37.3 Å². The van der Waals surface area contributed by atoms with E-state index in [1.54, 1.807) is 44.2 Å². The Labute approximate surface area is 447 Å². The number of hydrogen-bond donors (Lipinski definition) is 9. The van der Waals surface area contributed by atoms with Gasteiger partial charge in [0, 0.05) is 54.7 Å². The van der Waals surface area contributed by atoms with Crippen molar-refractivity contribution in [1.29, 1.82) is 0 Å². The van der Waals surface area contributed by atoms with Gasteiger partial charge in [0.05, 0.1) is 61.2 Å². The van der Waals surface area contributed by atoms with Gasteiger partial charge >= 0.3 is 11.9 Å². The SMILES string of the molecule is CC[C@@]1(O)C(=O)OCc2c1cc1n(c2=O)Cc2c-1nc1cc(F)c(C)c3c1c2[C@@H](N(C)C(=O)[C@@H](O)OCNC(=O)CNC(=O)[C@H](Cc1ccccc1)NC(=O)CNC(=O)CNC(=O)[C@@H](CNCC(=O)O)N1C(=O)C=CC1=O)CC3. The van der Waals surface area contributed by atoms with Crippen molar-refractivity contribution in [2.24, 2.45) is 0 Å². The highest BCUT2D eigenvalue weighted by Gasteiger charge is 2.46. The first-order valence-corrected chi connectivity index (χ1v) is 24.9. The number of carboxylic acid groups (broad SMARTS) is 1. The van der Waals surface area contributed by atoms with Crippen molar-refractivity contribution in [1.82, 2.24) is 51.3 Å². The monoisotopic (exact) mass is 1090 g/mol. The summed E-state index contributed by atoms with van der Waals surface area (Å²) in [6.07, 6.45) is 0.113. The molecule has 0 radical (unpaired) electrons. The van der Waals surface area contributed by atoms with E-state index in [1.165, 1.54) is 28.6 Å². The molecule has 8 amide bonds. The molecular weight excluding hydrogens is 1040 g/mol. The van der Waals surface area contributed by atoms with E-state index in [2.05, 4.69) is 31.9 Å². The van der Waals surface area contributed by atoms with Crippen molar-refractivity contribution in [3.63, 3.8) is 0 Å². The summed E-state index contributed by atoms with van der Waals surface area (Å²) in [5, 5.41) is 46.1. The third-order valence-electron chi connectivity index (χ3n) is 14.2. The molecule has 3 aliphatic heterocycles. The summed E-state index contributed by atoms with van der Waals surface area (Å²) in [5.74, 6) is -9.67. The fourth-order valence-electron chi connectivity index (χ4n) is 10.0. The number of carboxylic acids is 1. The molecular formula is C52H55FN10O16. The van der Waals surface area contributed by atoms with Gasteiger partial charge in [-0.2, -0.15) is 0 Å². The summed E-state index contributed by atoms with van der Waals surface area (Å²) in [7, 11) is 1.43. The van der Waals surface area contributed by atoms with Gasteiger partial charge in [-0.15, -0.1) is 0 Å². The van der Waals surface area contributed by atoms with Gasteiger partial charge in [-0.3, -0.25) is 52.8 Å². The molecule has 9 N–H and O–H groups in total. The number of carbonyl (C=O) groups excluding carboxylic acids is 9. The Morgan fingerprint density at radius 2 is 1.57 bits per heavy atom. The largest absolute Gasteiger partial charge is 0.480 e. The molecule has 2 aromatic heterocycles. The number of aryl methyl sites for hydroxylation is 1. The number of fused-ring (bicyclic) bond motifs is 5. The molecule has 416 valence electrons. The van der Waals surface area contributed by atoms with Crippen molar-refractivity contribution in [2.75, 3.05) is 46.5 Å². The van der Waals surface area contributed by atoms with Crippen LogP contribution in [0.3, 0.4) is 0 Å². The Morgan fingerprint density at radius 3 is 2.25 bits per heavy atom. The lowest BCUT2D eigenvalue weighted by atomic mass is 9.81. The fourth-order valence-corrected chi connectivity index (χ4v) is 10.0. The number of aromatic nitrogens is 2. The molecule has 26 nitrogen and oxygen atoms in total. The summed E-state index contributed by atoms with van der Waals surface area (Å²) in [4.78, 5) is 148. The summed E-state index contributed by atoms with van der Waals surface area (Å²) in [6.45, 7) is -1.04. The first kappa shape index (κ1) is 56.4. The van der Waals surface area contributed by atoms with Gasteiger partial charge in [-0.05, 0) is 54.5 Å². The zero-order valence-electron chi connectivity index (χ0n) is 42.8. The number of aliphatic carboxylic acids is 1. The molecule has 0 saturated heterocycles. The van der Waals surface area contributed by atoms with Gasteiger partial charge in [0.2, 0.25) is 35.8 Å². The van der Waals surface area contributed by atoms with Gasteiger partial charge in [-0.25, -0.2) is 14.2 Å². The van der Waals surface area contributed by atoms with E-state index >= 15 is 4.39 Å². The van der Waals surface area contributed by atoms with Crippen molar-refractivity contribution in [2.45, 2.75) is 82.7 Å². The van der Waals surface area contributed by atoms with Crippen LogP contribution < -0.4 is 37.5 Å². The first-order valence-electron chi connectivity index (χ1n) is 24.9. The van der Waals surface area contributed by atoms with Crippen LogP contribution in [0.15, 0.2) is 59.4 Å². The maximum Gasteiger partial charge on any atom is 0.343 e. The minimum Gasteiger partial charge on any atom is -0.480 e. The molecule has 0 saturated carbocycles. The third kappa shape index (κ3) is 11.6. The van der Waals surface area contributed by atoms with Gasteiger partial charge in [0.25, 0.3) is 23.3 Å². The number of halogens is 1. The quantitative estimate of drug-likeness (QED) is 0.0195. The number of esters is 1. The summed E-state index contributed by atoms with van der Waals surface area (Å²) in [6, 6.07) is 7.64. The highest BCUT2D eigenvalue weighted by molar-refractivity contribution is 6.15. The van der Waals surface area contributed by atoms with Crippen molar-refractivity contribution in [3.05, 3.63) is 110 Å². The van der Waals surface area contributed by atoms with Crippen molar-refractivity contribution in [3.8, 4) is 11.4 Å². The molecule has 79 heavy (non-hydrogen) atoms. The molecule has 5 atom stereocenters. The maximum absolute atomic E-state index is 15.5. The lowest BCUT2D eigenvalue weighted by Gasteiger charge is -2.35. The second-order valence-electron chi connectivity index (χ2n) is 19.0. The van der Waals surface area contributed by atoms with Crippen LogP contribution in [0.2, 0.25) is 0 Å². The van der Waals surface area contributed by atoms with Crippen LogP contribution in [0.25, 0.3) is 22.3 Å². The number of likely N-dealkylation sites (N-methyl/N-ethyl adjacent to an activating group) is 1. The number of rotatable bonds is 22. The molecule has 4 aromatic rings. The Bertz CT molecular complexity index is 3300. The molecule has 27 heteroatoms. The van der Waals surface area contributed by atoms with E-state index in [9.17, 15) is 63.0 Å². The van der Waals surface area contributed by atoms with Crippen LogP contribution in [0.1, 0.15) is 64.8 Å². The van der Waals surface area contributed by atoms with Crippen LogP contribution in [-0.4, -0.2) is 159 Å². The van der Waals surface area contributed by atoms with E-state index in [0.717, 1.165) is 12.2 Å². The number of aliphatic hydroxyl groups excluding tert-OH is 1. The molecule has 0 unspecified atom stereocenters. The number of hydrogen-bond acceptors (Lipinski definition) is 17. The Balaban J connectivity index is 0.862. The number of carbonyl (C=O) groups is 10. The normalized spacial score (nSPS) is 17.9. The van der Waals surface area contributed by atoms with Gasteiger partial charge in [0.15, 0.2) is 5.60 Å².